The maximum absolute atomic E-state index is 13.1. The van der Waals surface area contributed by atoms with Gasteiger partial charge in [-0.3, -0.25) is 37.3 Å². The van der Waals surface area contributed by atoms with Crippen molar-refractivity contribution in [2.45, 2.75) is 439 Å². The third-order valence-electron chi connectivity index (χ3n) is 19.1. The Morgan fingerprint density at radius 3 is 0.768 bits per heavy atom. The minimum Gasteiger partial charge on any atom is -0.462 e. The summed E-state index contributed by atoms with van der Waals surface area (Å²) in [5.74, 6) is -0.582. The van der Waals surface area contributed by atoms with Gasteiger partial charge < -0.3 is 33.8 Å². The summed E-state index contributed by atoms with van der Waals surface area (Å²) in [5.41, 5.74) is 0. The number of hydrogen-bond donors (Lipinski definition) is 3. The SMILES string of the molecule is CCCCCCCCCCCCCCCCCCCCCCCC(=O)O[C@H](COC(=O)CCCCCCCCCCCCCCCCC(C)C)COP(=O)(O)OC[C@@H](O)COP(=O)(O)OC[C@@H](COC(=O)CCCCCCCCC(C)CC)OC(=O)CCCCCCCCCCCCC. The highest BCUT2D eigenvalue weighted by Gasteiger charge is 2.30. The quantitative estimate of drug-likeness (QED) is 0.0222. The molecule has 0 fully saturated rings. The Kier molecular flexibility index (Phi) is 70.3. The van der Waals surface area contributed by atoms with Crippen LogP contribution in [0.15, 0.2) is 0 Å². The fraction of sp³-hybridized carbons (Fsp3) is 0.950. The number of ether oxygens (including phenoxy) is 4. The molecule has 0 aliphatic heterocycles. The Morgan fingerprint density at radius 2 is 0.515 bits per heavy atom. The average Bonchev–Trinajstić information content (AvgIpc) is 1.06. The summed E-state index contributed by atoms with van der Waals surface area (Å²) in [7, 11) is -9.92. The van der Waals surface area contributed by atoms with E-state index in [0.29, 0.717) is 25.7 Å². The van der Waals surface area contributed by atoms with Gasteiger partial charge in [0.05, 0.1) is 26.4 Å². The number of aliphatic hydroxyl groups is 1. The van der Waals surface area contributed by atoms with E-state index < -0.39 is 97.5 Å². The highest BCUT2D eigenvalue weighted by atomic mass is 31.2. The molecule has 17 nitrogen and oxygen atoms in total. The largest absolute Gasteiger partial charge is 0.472 e. The number of phosphoric ester groups is 2. The molecule has 0 rings (SSSR count). The van der Waals surface area contributed by atoms with Gasteiger partial charge in [-0.15, -0.1) is 0 Å². The summed E-state index contributed by atoms with van der Waals surface area (Å²) in [5, 5.41) is 10.6. The van der Waals surface area contributed by atoms with Crippen LogP contribution in [-0.4, -0.2) is 96.7 Å². The minimum atomic E-state index is -4.96. The van der Waals surface area contributed by atoms with E-state index in [-0.39, 0.29) is 25.7 Å². The molecule has 0 aliphatic carbocycles. The van der Waals surface area contributed by atoms with Crippen LogP contribution in [0, 0.1) is 11.8 Å². The van der Waals surface area contributed by atoms with Crippen LogP contribution in [-0.2, 0) is 65.4 Å². The fourth-order valence-electron chi connectivity index (χ4n) is 12.3. The minimum absolute atomic E-state index is 0.106. The van der Waals surface area contributed by atoms with Crippen molar-refractivity contribution in [3.8, 4) is 0 Å². The maximum Gasteiger partial charge on any atom is 0.472 e. The summed E-state index contributed by atoms with van der Waals surface area (Å²) in [6.45, 7) is 9.60. The Bertz CT molecular complexity index is 1910. The highest BCUT2D eigenvalue weighted by Crippen LogP contribution is 2.45. The first-order valence-corrected chi connectivity index (χ1v) is 44.5. The van der Waals surface area contributed by atoms with Gasteiger partial charge in [-0.2, -0.15) is 0 Å². The molecule has 0 spiro atoms. The predicted molar refractivity (Wildman–Crippen MR) is 405 cm³/mol. The third kappa shape index (κ3) is 72.8. The summed E-state index contributed by atoms with van der Waals surface area (Å²) in [6, 6.07) is 0. The molecule has 0 aromatic rings. The number of carbonyl (C=O) groups is 4. The number of aliphatic hydroxyl groups excluding tert-OH is 1. The molecule has 6 atom stereocenters. The van der Waals surface area contributed by atoms with Crippen LogP contribution < -0.4 is 0 Å². The average molecular weight is 1450 g/mol. The number of unbranched alkanes of at least 4 members (excludes halogenated alkanes) is 48. The molecule has 99 heavy (non-hydrogen) atoms. The van der Waals surface area contributed by atoms with Crippen LogP contribution in [0.1, 0.15) is 420 Å². The molecular formula is C80H156O17P2. The van der Waals surface area contributed by atoms with Gasteiger partial charge in [0.1, 0.15) is 19.3 Å². The van der Waals surface area contributed by atoms with Crippen molar-refractivity contribution < 1.29 is 80.2 Å². The second kappa shape index (κ2) is 71.7. The van der Waals surface area contributed by atoms with Crippen LogP contribution >= 0.6 is 15.6 Å². The number of esters is 4. The topological polar surface area (TPSA) is 237 Å². The zero-order valence-corrected chi connectivity index (χ0v) is 66.6. The zero-order chi connectivity index (χ0) is 72.8. The fourth-order valence-corrected chi connectivity index (χ4v) is 13.9. The molecular weight excluding hydrogens is 1290 g/mol. The lowest BCUT2D eigenvalue weighted by molar-refractivity contribution is -0.161. The van der Waals surface area contributed by atoms with Gasteiger partial charge >= 0.3 is 39.5 Å². The zero-order valence-electron chi connectivity index (χ0n) is 64.8. The van der Waals surface area contributed by atoms with E-state index in [9.17, 15) is 43.2 Å². The molecule has 0 aromatic heterocycles. The lowest BCUT2D eigenvalue weighted by Crippen LogP contribution is -2.30. The summed E-state index contributed by atoms with van der Waals surface area (Å²) in [6.07, 6.45) is 61.2. The summed E-state index contributed by atoms with van der Waals surface area (Å²) < 4.78 is 68.6. The van der Waals surface area contributed by atoms with Gasteiger partial charge in [0.2, 0.25) is 0 Å². The Hall–Kier alpha value is -1.94. The molecule has 0 amide bonds. The molecule has 0 saturated carbocycles. The molecule has 3 unspecified atom stereocenters. The smallest absolute Gasteiger partial charge is 0.462 e. The van der Waals surface area contributed by atoms with Crippen LogP contribution in [0.2, 0.25) is 0 Å². The van der Waals surface area contributed by atoms with Crippen molar-refractivity contribution >= 4 is 39.5 Å². The van der Waals surface area contributed by atoms with Crippen molar-refractivity contribution in [3.63, 3.8) is 0 Å². The molecule has 0 aliphatic rings. The van der Waals surface area contributed by atoms with Crippen LogP contribution in [0.5, 0.6) is 0 Å². The van der Waals surface area contributed by atoms with E-state index >= 15 is 0 Å². The third-order valence-corrected chi connectivity index (χ3v) is 21.0. The number of rotatable bonds is 79. The molecule has 3 N–H and O–H groups in total. The van der Waals surface area contributed by atoms with Crippen molar-refractivity contribution in [3.05, 3.63) is 0 Å². The van der Waals surface area contributed by atoms with Crippen molar-refractivity contribution in [2.24, 2.45) is 11.8 Å². The second-order valence-corrected chi connectivity index (χ2v) is 32.4. The number of carbonyl (C=O) groups excluding carboxylic acids is 4. The Balaban J connectivity index is 5.21. The van der Waals surface area contributed by atoms with E-state index in [1.807, 2.05) is 0 Å². The standard InChI is InChI=1S/C80H156O17P2/c1-7-10-12-14-16-18-20-21-22-23-24-25-26-27-28-33-37-41-45-53-59-65-80(85)96-75(68-90-77(82)62-56-50-43-39-36-32-30-29-31-35-38-42-48-54-60-72(4)5)70-94-98(86,87)92-66-74(81)67-93-99(88,89)95-71-76(69-91-78(83)63-57-51-47-46-49-55-61-73(6)9-3)97-79(84)64-58-52-44-40-34-19-17-15-13-11-8-2/h72-76,81H,7-71H2,1-6H3,(H,86,87)(H,88,89)/t73?,74-,75-,76-/m1/s1. The van der Waals surface area contributed by atoms with Crippen LogP contribution in [0.4, 0.5) is 0 Å². The van der Waals surface area contributed by atoms with E-state index in [1.54, 1.807) is 0 Å². The first-order valence-electron chi connectivity index (χ1n) is 41.5. The molecule has 0 heterocycles. The predicted octanol–water partition coefficient (Wildman–Crippen LogP) is 23.9. The monoisotopic (exact) mass is 1450 g/mol. The van der Waals surface area contributed by atoms with E-state index in [4.69, 9.17) is 37.0 Å². The Labute approximate surface area is 607 Å². The second-order valence-electron chi connectivity index (χ2n) is 29.5. The molecule has 0 radical (unpaired) electrons. The molecule has 0 aromatic carbocycles. The number of phosphoric acid groups is 2. The van der Waals surface area contributed by atoms with Gasteiger partial charge in [-0.1, -0.05) is 369 Å². The summed E-state index contributed by atoms with van der Waals surface area (Å²) in [4.78, 5) is 72.9. The molecule has 0 bridgehead atoms. The maximum atomic E-state index is 13.1. The van der Waals surface area contributed by atoms with Crippen LogP contribution in [0.25, 0.3) is 0 Å². The first kappa shape index (κ1) is 97.1. The lowest BCUT2D eigenvalue weighted by atomic mass is 10.00. The molecule has 588 valence electrons. The van der Waals surface area contributed by atoms with Crippen LogP contribution in [0.3, 0.4) is 0 Å². The van der Waals surface area contributed by atoms with E-state index in [0.717, 1.165) is 108 Å². The molecule has 19 heteroatoms. The van der Waals surface area contributed by atoms with Gasteiger partial charge in [0.15, 0.2) is 12.2 Å². The van der Waals surface area contributed by atoms with Crippen molar-refractivity contribution in [1.82, 2.24) is 0 Å². The van der Waals surface area contributed by atoms with Gasteiger partial charge in [0.25, 0.3) is 0 Å². The van der Waals surface area contributed by atoms with Gasteiger partial charge in [-0.25, -0.2) is 9.13 Å². The van der Waals surface area contributed by atoms with E-state index in [1.165, 1.54) is 231 Å². The lowest BCUT2D eigenvalue weighted by Gasteiger charge is -2.21. The highest BCUT2D eigenvalue weighted by molar-refractivity contribution is 7.47. The first-order chi connectivity index (χ1) is 47.9. The number of hydrogen-bond acceptors (Lipinski definition) is 15. The summed E-state index contributed by atoms with van der Waals surface area (Å²) >= 11 is 0. The van der Waals surface area contributed by atoms with Crippen molar-refractivity contribution in [1.29, 1.82) is 0 Å². The van der Waals surface area contributed by atoms with Gasteiger partial charge in [-0.05, 0) is 37.5 Å². The van der Waals surface area contributed by atoms with Gasteiger partial charge in [0, 0.05) is 25.7 Å². The van der Waals surface area contributed by atoms with Crippen molar-refractivity contribution in [2.75, 3.05) is 39.6 Å². The normalized spacial score (nSPS) is 14.2. The Morgan fingerprint density at radius 1 is 0.293 bits per heavy atom. The molecule has 0 saturated heterocycles. The van der Waals surface area contributed by atoms with E-state index in [2.05, 4.69) is 41.5 Å².